The molecule has 0 spiro atoms. The van der Waals surface area contributed by atoms with Crippen LogP contribution in [0.2, 0.25) is 0 Å². The van der Waals surface area contributed by atoms with Gasteiger partial charge in [-0.2, -0.15) is 0 Å². The molecule has 1 aromatic rings. The monoisotopic (exact) mass is 318 g/mol. The normalized spacial score (nSPS) is 17.2. The molecule has 6 nitrogen and oxygen atoms in total. The first-order chi connectivity index (χ1) is 10.9. The molecule has 0 amide bonds. The predicted molar refractivity (Wildman–Crippen MR) is 82.0 cm³/mol. The maximum atomic E-state index is 12.1. The van der Waals surface area contributed by atoms with E-state index in [1.54, 1.807) is 13.0 Å². The Hall–Kier alpha value is -2.60. The van der Waals surface area contributed by atoms with Gasteiger partial charge >= 0.3 is 0 Å². The van der Waals surface area contributed by atoms with Crippen molar-refractivity contribution in [2.75, 3.05) is 14.2 Å². The Bertz CT molecular complexity index is 701. The number of aliphatic hydroxyl groups excluding tert-OH is 1. The summed E-state index contributed by atoms with van der Waals surface area (Å²) >= 11 is 0. The van der Waals surface area contributed by atoms with Gasteiger partial charge in [-0.15, -0.1) is 0 Å². The highest BCUT2D eigenvalue weighted by Crippen LogP contribution is 2.34. The SMILES string of the molecule is COC1=CC(=O)C([C@@H](C)[C@@H](O)c2ccc(OC)c(O)c2)=CC1=O. The number of benzene rings is 1. The smallest absolute Gasteiger partial charge is 0.220 e. The summed E-state index contributed by atoms with van der Waals surface area (Å²) in [6.45, 7) is 1.63. The van der Waals surface area contributed by atoms with Crippen molar-refractivity contribution in [2.24, 2.45) is 5.92 Å². The minimum atomic E-state index is -1.06. The zero-order valence-electron chi connectivity index (χ0n) is 13.1. The van der Waals surface area contributed by atoms with Crippen LogP contribution in [-0.4, -0.2) is 36.0 Å². The van der Waals surface area contributed by atoms with E-state index in [9.17, 15) is 19.8 Å². The van der Waals surface area contributed by atoms with Crippen LogP contribution in [0, 0.1) is 5.92 Å². The fourth-order valence-corrected chi connectivity index (χ4v) is 2.42. The highest BCUT2D eigenvalue weighted by atomic mass is 16.5. The van der Waals surface area contributed by atoms with Gasteiger partial charge < -0.3 is 19.7 Å². The second kappa shape index (κ2) is 6.66. The lowest BCUT2D eigenvalue weighted by atomic mass is 9.85. The predicted octanol–water partition coefficient (Wildman–Crippen LogP) is 1.68. The first-order valence-electron chi connectivity index (χ1n) is 7.00. The van der Waals surface area contributed by atoms with Crippen molar-refractivity contribution in [3.63, 3.8) is 0 Å². The minimum Gasteiger partial charge on any atom is -0.504 e. The van der Waals surface area contributed by atoms with E-state index < -0.39 is 17.8 Å². The van der Waals surface area contributed by atoms with Crippen molar-refractivity contribution in [2.45, 2.75) is 13.0 Å². The summed E-state index contributed by atoms with van der Waals surface area (Å²) < 4.78 is 9.77. The highest BCUT2D eigenvalue weighted by molar-refractivity contribution is 6.19. The third kappa shape index (κ3) is 3.27. The van der Waals surface area contributed by atoms with E-state index >= 15 is 0 Å². The molecule has 122 valence electrons. The molecule has 1 aliphatic rings. The van der Waals surface area contributed by atoms with Crippen LogP contribution in [0.15, 0.2) is 41.7 Å². The molecule has 0 unspecified atom stereocenters. The molecule has 0 heterocycles. The molecule has 2 N–H and O–H groups in total. The number of carbonyl (C=O) groups is 2. The van der Waals surface area contributed by atoms with Gasteiger partial charge in [-0.3, -0.25) is 9.59 Å². The summed E-state index contributed by atoms with van der Waals surface area (Å²) in [6.07, 6.45) is 1.23. The summed E-state index contributed by atoms with van der Waals surface area (Å²) in [5.41, 5.74) is 0.608. The zero-order valence-corrected chi connectivity index (χ0v) is 13.1. The fraction of sp³-hybridized carbons (Fsp3) is 0.294. The summed E-state index contributed by atoms with van der Waals surface area (Å²) in [4.78, 5) is 23.9. The molecule has 0 aromatic heterocycles. The molecule has 0 fully saturated rings. The molecular formula is C17H18O6. The number of phenolic OH excluding ortho intramolecular Hbond substituents is 1. The molecule has 0 radical (unpaired) electrons. The van der Waals surface area contributed by atoms with E-state index in [1.807, 2.05) is 0 Å². The number of carbonyl (C=O) groups excluding carboxylic acids is 2. The second-order valence-corrected chi connectivity index (χ2v) is 5.21. The van der Waals surface area contributed by atoms with Gasteiger partial charge in [-0.05, 0) is 23.8 Å². The molecule has 0 saturated carbocycles. The third-order valence-corrected chi connectivity index (χ3v) is 3.80. The van der Waals surface area contributed by atoms with E-state index in [4.69, 9.17) is 9.47 Å². The third-order valence-electron chi connectivity index (χ3n) is 3.80. The van der Waals surface area contributed by atoms with Gasteiger partial charge in [0, 0.05) is 17.6 Å². The molecule has 1 aliphatic carbocycles. The van der Waals surface area contributed by atoms with Gasteiger partial charge in [-0.1, -0.05) is 13.0 Å². The molecular weight excluding hydrogens is 300 g/mol. The number of rotatable bonds is 5. The van der Waals surface area contributed by atoms with Crippen molar-refractivity contribution in [3.8, 4) is 11.5 Å². The van der Waals surface area contributed by atoms with Crippen molar-refractivity contribution < 1.29 is 29.3 Å². The Labute approximate surface area is 133 Å². The lowest BCUT2D eigenvalue weighted by Gasteiger charge is -2.23. The molecule has 2 atom stereocenters. The average Bonchev–Trinajstić information content (AvgIpc) is 2.55. The summed E-state index contributed by atoms with van der Waals surface area (Å²) in [5.74, 6) is -1.29. The lowest BCUT2D eigenvalue weighted by Crippen LogP contribution is -2.22. The number of hydrogen-bond acceptors (Lipinski definition) is 6. The lowest BCUT2D eigenvalue weighted by molar-refractivity contribution is -0.117. The molecule has 0 aliphatic heterocycles. The molecule has 23 heavy (non-hydrogen) atoms. The maximum absolute atomic E-state index is 12.1. The molecule has 0 saturated heterocycles. The number of methoxy groups -OCH3 is 2. The average molecular weight is 318 g/mol. The van der Waals surface area contributed by atoms with Gasteiger partial charge in [0.05, 0.1) is 20.3 Å². The largest absolute Gasteiger partial charge is 0.504 e. The second-order valence-electron chi connectivity index (χ2n) is 5.21. The van der Waals surface area contributed by atoms with Gasteiger partial charge in [0.25, 0.3) is 0 Å². The van der Waals surface area contributed by atoms with E-state index in [0.717, 1.165) is 6.08 Å². The van der Waals surface area contributed by atoms with Crippen LogP contribution in [0.5, 0.6) is 11.5 Å². The number of allylic oxidation sites excluding steroid dienone is 2. The van der Waals surface area contributed by atoms with Crippen LogP contribution in [0.1, 0.15) is 18.6 Å². The zero-order chi connectivity index (χ0) is 17.1. The molecule has 0 bridgehead atoms. The number of ether oxygens (including phenoxy) is 2. The number of phenols is 1. The Balaban J connectivity index is 2.26. The van der Waals surface area contributed by atoms with Crippen LogP contribution in [-0.2, 0) is 14.3 Å². The van der Waals surface area contributed by atoms with E-state index in [1.165, 1.54) is 32.4 Å². The van der Waals surface area contributed by atoms with E-state index in [-0.39, 0.29) is 28.6 Å². The first-order valence-corrected chi connectivity index (χ1v) is 7.00. The number of aliphatic hydroxyl groups is 1. The van der Waals surface area contributed by atoms with Crippen LogP contribution < -0.4 is 4.74 Å². The van der Waals surface area contributed by atoms with Crippen molar-refractivity contribution in [1.82, 2.24) is 0 Å². The van der Waals surface area contributed by atoms with Gasteiger partial charge in [0.1, 0.15) is 0 Å². The quantitative estimate of drug-likeness (QED) is 0.802. The Morgan fingerprint density at radius 2 is 1.74 bits per heavy atom. The van der Waals surface area contributed by atoms with Gasteiger partial charge in [0.15, 0.2) is 23.0 Å². The molecule has 6 heteroatoms. The first kappa shape index (κ1) is 16.8. The fourth-order valence-electron chi connectivity index (χ4n) is 2.42. The minimum absolute atomic E-state index is 0.0254. The summed E-state index contributed by atoms with van der Waals surface area (Å²) in [7, 11) is 2.73. The van der Waals surface area contributed by atoms with Crippen molar-refractivity contribution in [3.05, 3.63) is 47.2 Å². The Kier molecular flexibility index (Phi) is 4.86. The van der Waals surface area contributed by atoms with Crippen LogP contribution in [0.4, 0.5) is 0 Å². The Morgan fingerprint density at radius 3 is 2.30 bits per heavy atom. The van der Waals surface area contributed by atoms with Crippen LogP contribution in [0.3, 0.4) is 0 Å². The highest BCUT2D eigenvalue weighted by Gasteiger charge is 2.29. The summed E-state index contributed by atoms with van der Waals surface area (Å²) in [5, 5.41) is 20.2. The summed E-state index contributed by atoms with van der Waals surface area (Å²) in [6, 6.07) is 4.48. The van der Waals surface area contributed by atoms with Crippen molar-refractivity contribution in [1.29, 1.82) is 0 Å². The standard InChI is InChI=1S/C17H18O6/c1-9(11-7-14(20)16(23-3)8-12(11)18)17(21)10-4-5-15(22-2)13(19)6-10/h4-9,17,19,21H,1-3H3/t9-,17-/m1/s1. The van der Waals surface area contributed by atoms with Crippen molar-refractivity contribution >= 4 is 11.6 Å². The molecule has 1 aromatic carbocycles. The van der Waals surface area contributed by atoms with E-state index in [2.05, 4.69) is 0 Å². The van der Waals surface area contributed by atoms with E-state index in [0.29, 0.717) is 5.56 Å². The van der Waals surface area contributed by atoms with Crippen LogP contribution in [0.25, 0.3) is 0 Å². The number of aromatic hydroxyl groups is 1. The Morgan fingerprint density at radius 1 is 1.04 bits per heavy atom. The number of hydrogen-bond donors (Lipinski definition) is 2. The van der Waals surface area contributed by atoms with Crippen LogP contribution >= 0.6 is 0 Å². The van der Waals surface area contributed by atoms with Gasteiger partial charge in [0.2, 0.25) is 5.78 Å². The molecule has 2 rings (SSSR count). The maximum Gasteiger partial charge on any atom is 0.220 e. The van der Waals surface area contributed by atoms with Gasteiger partial charge in [-0.25, -0.2) is 0 Å². The topological polar surface area (TPSA) is 93.1 Å². The number of ketones is 2.